The summed E-state index contributed by atoms with van der Waals surface area (Å²) in [5, 5.41) is 9.25. The zero-order chi connectivity index (χ0) is 18.8. The first-order valence-corrected chi connectivity index (χ1v) is 16.0. The number of ether oxygens (including phenoxy) is 3. The second kappa shape index (κ2) is 13.6. The summed E-state index contributed by atoms with van der Waals surface area (Å²) in [5.41, 5.74) is 1.32. The van der Waals surface area contributed by atoms with Crippen LogP contribution in [0, 0.1) is 5.39 Å². The van der Waals surface area contributed by atoms with E-state index in [1.54, 1.807) is 6.07 Å². The second-order valence-corrected chi connectivity index (χ2v) is 10.5. The van der Waals surface area contributed by atoms with Gasteiger partial charge in [0.2, 0.25) is 11.1 Å². The zero-order valence-corrected chi connectivity index (χ0v) is 20.8. The molecule has 10 heteroatoms. The Morgan fingerprint density at radius 1 is 1.08 bits per heavy atom. The first-order chi connectivity index (χ1) is 11.9. The second-order valence-electron chi connectivity index (χ2n) is 5.92. The van der Waals surface area contributed by atoms with Crippen molar-refractivity contribution in [1.82, 2.24) is 0 Å². The van der Waals surface area contributed by atoms with E-state index in [1.807, 2.05) is 33.8 Å². The van der Waals surface area contributed by atoms with Gasteiger partial charge in [-0.1, -0.05) is 0 Å². The van der Waals surface area contributed by atoms with E-state index in [-0.39, 0.29) is 24.6 Å². The number of anilines is 1. The van der Waals surface area contributed by atoms with Gasteiger partial charge in [-0.3, -0.25) is 0 Å². The molecule has 0 saturated carbocycles. The molecule has 0 aliphatic carbocycles. The fourth-order valence-corrected chi connectivity index (χ4v) is 2.36. The summed E-state index contributed by atoms with van der Waals surface area (Å²) in [6, 6.07) is 3.61. The zero-order valence-electron chi connectivity index (χ0n) is 15.5. The monoisotopic (exact) mass is 475 g/mol. The molecule has 0 bridgehead atoms. The number of hydrogen-bond donors (Lipinski definition) is 0. The van der Waals surface area contributed by atoms with E-state index in [0.29, 0.717) is 30.4 Å². The van der Waals surface area contributed by atoms with Crippen molar-refractivity contribution in [2.24, 2.45) is 0 Å². The van der Waals surface area contributed by atoms with Crippen LogP contribution in [-0.4, -0.2) is 38.5 Å². The molecule has 1 heterocycles. The van der Waals surface area contributed by atoms with Gasteiger partial charge in [0.25, 0.3) is 0 Å². The number of benzene rings is 1. The standard InChI is InChI=1S/C16H24N3O3.3ClH.Zn/c1-11(2)21-15-10-14(19-5-7-20-8-6-19)16(22-12(3)4)9-13(15)18-17;;;;/h9-12H,5-8H2,1-4H3;3*1H;/q+1;;;;+2/p-3. The summed E-state index contributed by atoms with van der Waals surface area (Å²) in [6.45, 7) is 10.8. The molecule has 144 valence electrons. The Hall–Kier alpha value is -0.507. The average molecular weight is 478 g/mol. The Morgan fingerprint density at radius 2 is 1.58 bits per heavy atom. The van der Waals surface area contributed by atoms with Crippen LogP contribution in [0.25, 0.3) is 4.98 Å². The van der Waals surface area contributed by atoms with Gasteiger partial charge in [0.15, 0.2) is 10.7 Å². The van der Waals surface area contributed by atoms with Crippen LogP contribution in [0.1, 0.15) is 27.7 Å². The number of morpholine rings is 1. The van der Waals surface area contributed by atoms with Crippen LogP contribution < -0.4 is 26.8 Å². The minimum atomic E-state index is -0.931. The van der Waals surface area contributed by atoms with E-state index in [1.165, 1.54) is 0 Å². The molecule has 1 fully saturated rings. The third kappa shape index (κ3) is 8.46. The average Bonchev–Trinajstić information content (AvgIpc) is 2.56. The van der Waals surface area contributed by atoms with Crippen molar-refractivity contribution in [2.45, 2.75) is 39.9 Å². The molecule has 1 aliphatic heterocycles. The van der Waals surface area contributed by atoms with E-state index in [0.717, 1.165) is 18.8 Å². The molecule has 0 radical (unpaired) electrons. The van der Waals surface area contributed by atoms with Gasteiger partial charge in [-0.25, -0.2) is 0 Å². The maximum atomic E-state index is 9.25. The summed E-state index contributed by atoms with van der Waals surface area (Å²) >= 11 is -0.931. The molecule has 1 saturated heterocycles. The summed E-state index contributed by atoms with van der Waals surface area (Å²) in [6.07, 6.45) is 0.0260. The topological polar surface area (TPSA) is 59.1 Å². The van der Waals surface area contributed by atoms with Gasteiger partial charge >= 0.3 is 40.2 Å². The molecule has 0 unspecified atom stereocenters. The molecule has 1 aromatic carbocycles. The Bertz CT molecular complexity index is 580. The third-order valence-electron chi connectivity index (χ3n) is 3.23. The number of hydrogen-bond acceptors (Lipinski definition) is 5. The van der Waals surface area contributed by atoms with Gasteiger partial charge in [-0.15, -0.1) is 0 Å². The molecule has 6 nitrogen and oxygen atoms in total. The molecule has 26 heavy (non-hydrogen) atoms. The van der Waals surface area contributed by atoms with Gasteiger partial charge in [0.05, 0.1) is 37.2 Å². The van der Waals surface area contributed by atoms with Crippen LogP contribution in [0.3, 0.4) is 0 Å². The van der Waals surface area contributed by atoms with Crippen LogP contribution in [0.15, 0.2) is 12.1 Å². The number of nitrogens with zero attached hydrogens (tertiary/aromatic N) is 3. The first kappa shape index (κ1) is 25.5. The molecule has 0 amide bonds. The normalized spacial score (nSPS) is 13.1. The SMILES string of the molecule is CC(C)Oc1cc(N2CCOCC2)c(OC(C)C)cc1[N+]#N.[Cl-].[Cl][Zn][Cl]. The Labute approximate surface area is 177 Å². The quantitative estimate of drug-likeness (QED) is 0.479. The van der Waals surface area contributed by atoms with Crippen LogP contribution in [-0.2, 0) is 19.9 Å². The van der Waals surface area contributed by atoms with Gasteiger partial charge in [-0.2, -0.15) is 0 Å². The van der Waals surface area contributed by atoms with Crippen molar-refractivity contribution in [3.63, 3.8) is 0 Å². The first-order valence-electron chi connectivity index (χ1n) is 8.24. The summed E-state index contributed by atoms with van der Waals surface area (Å²) in [7, 11) is 9.90. The van der Waals surface area contributed by atoms with Gasteiger partial charge in [0.1, 0.15) is 0 Å². The molecule has 1 aliphatic rings. The van der Waals surface area contributed by atoms with Crippen LogP contribution in [0.5, 0.6) is 11.5 Å². The van der Waals surface area contributed by atoms with Crippen molar-refractivity contribution in [3.05, 3.63) is 17.1 Å². The van der Waals surface area contributed by atoms with E-state index < -0.39 is 15.1 Å². The molecular formula is C16H24Cl3N3O3Zn. The van der Waals surface area contributed by atoms with Crippen LogP contribution >= 0.6 is 19.4 Å². The number of rotatable bonds is 5. The van der Waals surface area contributed by atoms with Gasteiger partial charge in [0, 0.05) is 19.2 Å². The molecular weight excluding hydrogens is 454 g/mol. The third-order valence-corrected chi connectivity index (χ3v) is 3.23. The summed E-state index contributed by atoms with van der Waals surface area (Å²) < 4.78 is 17.1. The van der Waals surface area contributed by atoms with E-state index in [4.69, 9.17) is 33.6 Å². The van der Waals surface area contributed by atoms with Gasteiger partial charge in [-0.05, 0) is 27.7 Å². The van der Waals surface area contributed by atoms with Crippen molar-refractivity contribution >= 4 is 30.8 Å². The van der Waals surface area contributed by atoms with E-state index >= 15 is 0 Å². The Kier molecular flexibility index (Phi) is 13.4. The molecule has 2 rings (SSSR count). The van der Waals surface area contributed by atoms with E-state index in [2.05, 4.69) is 9.88 Å². The molecule has 1 aromatic rings. The predicted molar refractivity (Wildman–Crippen MR) is 97.5 cm³/mol. The minimum absolute atomic E-state index is 0. The molecule has 0 aromatic heterocycles. The summed E-state index contributed by atoms with van der Waals surface area (Å²) in [5.74, 6) is 1.25. The van der Waals surface area contributed by atoms with Gasteiger partial charge < -0.3 is 31.5 Å². The van der Waals surface area contributed by atoms with Crippen molar-refractivity contribution in [3.8, 4) is 11.5 Å². The van der Waals surface area contributed by atoms with Crippen LogP contribution in [0.4, 0.5) is 11.4 Å². The Morgan fingerprint density at radius 3 is 2.04 bits per heavy atom. The number of halogens is 3. The van der Waals surface area contributed by atoms with Crippen LogP contribution in [0.2, 0.25) is 0 Å². The predicted octanol–water partition coefficient (Wildman–Crippen LogP) is 1.96. The molecule has 0 N–H and O–H groups in total. The maximum absolute atomic E-state index is 9.25. The van der Waals surface area contributed by atoms with Crippen molar-refractivity contribution in [1.29, 1.82) is 5.39 Å². The van der Waals surface area contributed by atoms with E-state index in [9.17, 15) is 5.39 Å². The fraction of sp³-hybridized carbons (Fsp3) is 0.625. The number of diazo groups is 1. The summed E-state index contributed by atoms with van der Waals surface area (Å²) in [4.78, 5) is 5.53. The molecule has 0 atom stereocenters. The molecule has 0 spiro atoms. The van der Waals surface area contributed by atoms with Crippen molar-refractivity contribution < 1.29 is 41.8 Å². The fourth-order valence-electron chi connectivity index (χ4n) is 2.36. The Balaban J connectivity index is 0.00000146. The van der Waals surface area contributed by atoms with Crippen molar-refractivity contribution in [2.75, 3.05) is 31.2 Å².